The van der Waals surface area contributed by atoms with Gasteiger partial charge in [0.05, 0.1) is 0 Å². The molecule has 0 aliphatic heterocycles. The molecule has 1 N–H and O–H groups in total. The fourth-order valence-electron chi connectivity index (χ4n) is 2.43. The Hall–Kier alpha value is -2.14. The normalized spacial score (nSPS) is 10.5. The van der Waals surface area contributed by atoms with Crippen LogP contribution in [-0.2, 0) is 0 Å². The molecular weight excluding hydrogens is 324 g/mol. The van der Waals surface area contributed by atoms with Crippen LogP contribution in [0.25, 0.3) is 0 Å². The van der Waals surface area contributed by atoms with Crippen molar-refractivity contribution >= 4 is 29.1 Å². The number of aromatic nitrogens is 2. The van der Waals surface area contributed by atoms with Crippen LogP contribution in [0.4, 0.5) is 11.6 Å². The summed E-state index contributed by atoms with van der Waals surface area (Å²) >= 11 is 5.95. The lowest BCUT2D eigenvalue weighted by molar-refractivity contribution is 0.102. The largest absolute Gasteiger partial charge is 0.341 e. The van der Waals surface area contributed by atoms with Crippen molar-refractivity contribution in [2.45, 2.75) is 33.6 Å². The number of aryl methyl sites for hydroxylation is 1. The molecule has 6 heteroatoms. The molecule has 128 valence electrons. The van der Waals surface area contributed by atoms with Crippen LogP contribution < -0.4 is 10.2 Å². The molecule has 2 aromatic rings. The summed E-state index contributed by atoms with van der Waals surface area (Å²) in [6.45, 7) is 7.87. The van der Waals surface area contributed by atoms with E-state index in [2.05, 4.69) is 34.0 Å². The average molecular weight is 347 g/mol. The van der Waals surface area contributed by atoms with Crippen LogP contribution in [-0.4, -0.2) is 29.0 Å². The Bertz CT molecular complexity index is 699. The Balaban J connectivity index is 2.19. The molecule has 0 spiro atoms. The standard InChI is InChI=1S/C18H23ClN4O/c1-4-10-23(11-5-2)18-20-9-8-16(22-18)17(24)21-15-7-6-14(19)12-13(15)3/h6-9,12H,4-5,10-11H2,1-3H3,(H,21,24). The lowest BCUT2D eigenvalue weighted by Gasteiger charge is -2.21. The zero-order valence-corrected chi connectivity index (χ0v) is 15.1. The highest BCUT2D eigenvalue weighted by molar-refractivity contribution is 6.30. The SMILES string of the molecule is CCCN(CCC)c1nccc(C(=O)Nc2ccc(Cl)cc2C)n1. The maximum atomic E-state index is 12.5. The molecule has 0 saturated carbocycles. The van der Waals surface area contributed by atoms with E-state index in [1.54, 1.807) is 24.4 Å². The van der Waals surface area contributed by atoms with E-state index in [1.165, 1.54) is 0 Å². The van der Waals surface area contributed by atoms with E-state index in [0.717, 1.165) is 37.2 Å². The topological polar surface area (TPSA) is 58.1 Å². The number of nitrogens with zero attached hydrogens (tertiary/aromatic N) is 3. The van der Waals surface area contributed by atoms with Gasteiger partial charge in [0.2, 0.25) is 5.95 Å². The summed E-state index contributed by atoms with van der Waals surface area (Å²) < 4.78 is 0. The molecule has 2 rings (SSSR count). The third-order valence-corrected chi connectivity index (χ3v) is 3.82. The van der Waals surface area contributed by atoms with Crippen LogP contribution in [0.15, 0.2) is 30.5 Å². The van der Waals surface area contributed by atoms with Crippen LogP contribution in [0.2, 0.25) is 5.02 Å². The predicted molar refractivity (Wildman–Crippen MR) is 99.0 cm³/mol. The molecule has 1 aromatic carbocycles. The number of benzene rings is 1. The van der Waals surface area contributed by atoms with E-state index in [9.17, 15) is 4.79 Å². The smallest absolute Gasteiger partial charge is 0.274 e. The number of amides is 1. The Kier molecular flexibility index (Phi) is 6.55. The van der Waals surface area contributed by atoms with Gasteiger partial charge in [-0.25, -0.2) is 9.97 Å². The first kappa shape index (κ1) is 18.2. The fraction of sp³-hybridized carbons (Fsp3) is 0.389. The summed E-state index contributed by atoms with van der Waals surface area (Å²) in [5.74, 6) is 0.344. The fourth-order valence-corrected chi connectivity index (χ4v) is 2.66. The number of hydrogen-bond acceptors (Lipinski definition) is 4. The van der Waals surface area contributed by atoms with Gasteiger partial charge in [0, 0.05) is 30.0 Å². The first-order chi connectivity index (χ1) is 11.5. The summed E-state index contributed by atoms with van der Waals surface area (Å²) in [5.41, 5.74) is 1.99. The molecule has 1 heterocycles. The molecule has 0 aliphatic carbocycles. The molecule has 5 nitrogen and oxygen atoms in total. The first-order valence-corrected chi connectivity index (χ1v) is 8.58. The molecule has 0 unspecified atom stereocenters. The van der Waals surface area contributed by atoms with Gasteiger partial charge in [0.25, 0.3) is 5.91 Å². The summed E-state index contributed by atoms with van der Waals surface area (Å²) in [7, 11) is 0. The van der Waals surface area contributed by atoms with E-state index < -0.39 is 0 Å². The van der Waals surface area contributed by atoms with E-state index in [4.69, 9.17) is 11.6 Å². The summed E-state index contributed by atoms with van der Waals surface area (Å²) in [5, 5.41) is 3.52. The zero-order valence-electron chi connectivity index (χ0n) is 14.3. The van der Waals surface area contributed by atoms with Crippen molar-refractivity contribution in [1.82, 2.24) is 9.97 Å². The Labute approximate surface area is 148 Å². The number of carbonyl (C=O) groups is 1. The second-order valence-electron chi connectivity index (χ2n) is 5.64. The predicted octanol–water partition coefficient (Wildman–Crippen LogP) is 4.32. The van der Waals surface area contributed by atoms with Crippen molar-refractivity contribution in [3.63, 3.8) is 0 Å². The van der Waals surface area contributed by atoms with Crippen LogP contribution >= 0.6 is 11.6 Å². The molecule has 0 fully saturated rings. The maximum absolute atomic E-state index is 12.5. The number of anilines is 2. The lowest BCUT2D eigenvalue weighted by Crippen LogP contribution is -2.28. The van der Waals surface area contributed by atoms with Gasteiger partial charge in [0.1, 0.15) is 5.69 Å². The van der Waals surface area contributed by atoms with Crippen molar-refractivity contribution in [3.8, 4) is 0 Å². The Morgan fingerprint density at radius 1 is 1.21 bits per heavy atom. The van der Waals surface area contributed by atoms with Crippen molar-refractivity contribution in [3.05, 3.63) is 46.7 Å². The van der Waals surface area contributed by atoms with Crippen LogP contribution in [0.3, 0.4) is 0 Å². The number of carbonyl (C=O) groups excluding carboxylic acids is 1. The number of nitrogens with one attached hydrogen (secondary N) is 1. The highest BCUT2D eigenvalue weighted by atomic mass is 35.5. The van der Waals surface area contributed by atoms with Gasteiger partial charge in [-0.1, -0.05) is 25.4 Å². The van der Waals surface area contributed by atoms with Gasteiger partial charge >= 0.3 is 0 Å². The van der Waals surface area contributed by atoms with Crippen LogP contribution in [0.1, 0.15) is 42.7 Å². The molecular formula is C18H23ClN4O. The van der Waals surface area contributed by atoms with E-state index in [0.29, 0.717) is 16.7 Å². The van der Waals surface area contributed by atoms with Gasteiger partial charge in [-0.05, 0) is 49.6 Å². The average Bonchev–Trinajstić information content (AvgIpc) is 2.57. The number of halogens is 1. The molecule has 24 heavy (non-hydrogen) atoms. The van der Waals surface area contributed by atoms with Crippen LogP contribution in [0, 0.1) is 6.92 Å². The molecule has 0 saturated heterocycles. The summed E-state index contributed by atoms with van der Waals surface area (Å²) in [4.78, 5) is 23.3. The van der Waals surface area contributed by atoms with E-state index >= 15 is 0 Å². The van der Waals surface area contributed by atoms with E-state index in [1.807, 2.05) is 13.0 Å². The quantitative estimate of drug-likeness (QED) is 0.811. The molecule has 0 atom stereocenters. The monoisotopic (exact) mass is 346 g/mol. The second kappa shape index (κ2) is 8.64. The molecule has 1 aromatic heterocycles. The van der Waals surface area contributed by atoms with Gasteiger partial charge in [-0.15, -0.1) is 0 Å². The zero-order chi connectivity index (χ0) is 17.5. The highest BCUT2D eigenvalue weighted by Gasteiger charge is 2.13. The first-order valence-electron chi connectivity index (χ1n) is 8.20. The van der Waals surface area contributed by atoms with Gasteiger partial charge in [0.15, 0.2) is 0 Å². The molecule has 0 aliphatic rings. The highest BCUT2D eigenvalue weighted by Crippen LogP contribution is 2.20. The van der Waals surface area contributed by atoms with Crippen molar-refractivity contribution < 1.29 is 4.79 Å². The third-order valence-electron chi connectivity index (χ3n) is 3.58. The van der Waals surface area contributed by atoms with Gasteiger partial charge in [-0.2, -0.15) is 0 Å². The maximum Gasteiger partial charge on any atom is 0.274 e. The van der Waals surface area contributed by atoms with Gasteiger partial charge in [-0.3, -0.25) is 4.79 Å². The van der Waals surface area contributed by atoms with Crippen molar-refractivity contribution in [2.75, 3.05) is 23.3 Å². The van der Waals surface area contributed by atoms with Crippen LogP contribution in [0.5, 0.6) is 0 Å². The lowest BCUT2D eigenvalue weighted by atomic mass is 10.2. The molecule has 0 bridgehead atoms. The molecule has 1 amide bonds. The second-order valence-corrected chi connectivity index (χ2v) is 6.08. The Morgan fingerprint density at radius 3 is 2.54 bits per heavy atom. The summed E-state index contributed by atoms with van der Waals surface area (Å²) in [6, 6.07) is 6.98. The third kappa shape index (κ3) is 4.68. The number of hydrogen-bond donors (Lipinski definition) is 1. The minimum atomic E-state index is -0.253. The van der Waals surface area contributed by atoms with Gasteiger partial charge < -0.3 is 10.2 Å². The summed E-state index contributed by atoms with van der Waals surface area (Å²) in [6.07, 6.45) is 3.64. The molecule has 0 radical (unpaired) electrons. The minimum Gasteiger partial charge on any atom is -0.341 e. The van der Waals surface area contributed by atoms with Crippen molar-refractivity contribution in [2.24, 2.45) is 0 Å². The van der Waals surface area contributed by atoms with Crippen molar-refractivity contribution in [1.29, 1.82) is 0 Å². The minimum absolute atomic E-state index is 0.253. The Morgan fingerprint density at radius 2 is 1.92 bits per heavy atom. The van der Waals surface area contributed by atoms with E-state index in [-0.39, 0.29) is 5.91 Å². The number of rotatable bonds is 7.